The second-order valence-electron chi connectivity index (χ2n) is 4.87. The highest BCUT2D eigenvalue weighted by atomic mass is 32.1. The Labute approximate surface area is 109 Å². The predicted molar refractivity (Wildman–Crippen MR) is 75.5 cm³/mol. The molecule has 0 bridgehead atoms. The Balaban J connectivity index is 2.23. The van der Waals surface area contributed by atoms with Gasteiger partial charge in [0, 0.05) is 15.8 Å². The molecule has 1 aliphatic rings. The van der Waals surface area contributed by atoms with Crippen LogP contribution < -0.4 is 5.73 Å². The van der Waals surface area contributed by atoms with Crippen LogP contribution in [0.5, 0.6) is 0 Å². The van der Waals surface area contributed by atoms with Crippen molar-refractivity contribution in [3.05, 3.63) is 21.9 Å². The SMILES string of the molecule is CCc1ccc(C2C(CN)CCCN2CC)s1. The van der Waals surface area contributed by atoms with E-state index in [1.807, 2.05) is 11.3 Å². The maximum Gasteiger partial charge on any atom is 0.0481 e. The second kappa shape index (κ2) is 5.98. The van der Waals surface area contributed by atoms with E-state index in [0.29, 0.717) is 12.0 Å². The van der Waals surface area contributed by atoms with Crippen LogP contribution in [-0.4, -0.2) is 24.5 Å². The Hall–Kier alpha value is -0.380. The van der Waals surface area contributed by atoms with E-state index in [1.54, 1.807) is 0 Å². The molecule has 2 N–H and O–H groups in total. The van der Waals surface area contributed by atoms with Gasteiger partial charge in [-0.25, -0.2) is 0 Å². The van der Waals surface area contributed by atoms with Crippen molar-refractivity contribution in [2.75, 3.05) is 19.6 Å². The molecular weight excluding hydrogens is 228 g/mol. The van der Waals surface area contributed by atoms with E-state index in [9.17, 15) is 0 Å². The molecule has 2 atom stereocenters. The van der Waals surface area contributed by atoms with Crippen LogP contribution in [0.4, 0.5) is 0 Å². The fourth-order valence-corrected chi connectivity index (χ4v) is 4.09. The van der Waals surface area contributed by atoms with Crippen LogP contribution in [0, 0.1) is 5.92 Å². The van der Waals surface area contributed by atoms with Gasteiger partial charge in [-0.1, -0.05) is 13.8 Å². The number of rotatable bonds is 4. The van der Waals surface area contributed by atoms with Crippen molar-refractivity contribution in [2.45, 2.75) is 39.2 Å². The first kappa shape index (κ1) is 13.1. The summed E-state index contributed by atoms with van der Waals surface area (Å²) in [5.74, 6) is 0.645. The first-order chi connectivity index (χ1) is 8.30. The number of nitrogens with zero attached hydrogens (tertiary/aromatic N) is 1. The largest absolute Gasteiger partial charge is 0.330 e. The maximum absolute atomic E-state index is 5.97. The molecule has 0 spiro atoms. The molecule has 0 radical (unpaired) electrons. The first-order valence-corrected chi connectivity index (χ1v) is 7.64. The summed E-state index contributed by atoms with van der Waals surface area (Å²) in [5, 5.41) is 0. The minimum atomic E-state index is 0.573. The average molecular weight is 252 g/mol. The minimum Gasteiger partial charge on any atom is -0.330 e. The van der Waals surface area contributed by atoms with E-state index >= 15 is 0 Å². The van der Waals surface area contributed by atoms with Gasteiger partial charge in [0.05, 0.1) is 0 Å². The van der Waals surface area contributed by atoms with E-state index in [4.69, 9.17) is 5.73 Å². The number of nitrogens with two attached hydrogens (primary N) is 1. The van der Waals surface area contributed by atoms with E-state index in [-0.39, 0.29) is 0 Å². The molecule has 2 unspecified atom stereocenters. The molecule has 1 saturated heterocycles. The van der Waals surface area contributed by atoms with Crippen molar-refractivity contribution < 1.29 is 0 Å². The quantitative estimate of drug-likeness (QED) is 0.892. The van der Waals surface area contributed by atoms with Crippen LogP contribution in [0.25, 0.3) is 0 Å². The second-order valence-corrected chi connectivity index (χ2v) is 6.07. The van der Waals surface area contributed by atoms with E-state index < -0.39 is 0 Å². The van der Waals surface area contributed by atoms with Gasteiger partial charge in [0.1, 0.15) is 0 Å². The number of piperidine rings is 1. The molecule has 2 heterocycles. The lowest BCUT2D eigenvalue weighted by Crippen LogP contribution is -2.41. The maximum atomic E-state index is 5.97. The number of hydrogen-bond acceptors (Lipinski definition) is 3. The fourth-order valence-electron chi connectivity index (χ4n) is 2.91. The Morgan fingerprint density at radius 3 is 2.82 bits per heavy atom. The molecule has 0 amide bonds. The third-order valence-corrected chi connectivity index (χ3v) is 5.19. The summed E-state index contributed by atoms with van der Waals surface area (Å²) >= 11 is 1.98. The molecule has 1 aromatic heterocycles. The summed E-state index contributed by atoms with van der Waals surface area (Å²) in [6.45, 7) is 7.69. The van der Waals surface area contributed by atoms with Gasteiger partial charge in [0.15, 0.2) is 0 Å². The molecule has 2 rings (SSSR count). The van der Waals surface area contributed by atoms with Crippen molar-refractivity contribution in [1.82, 2.24) is 4.90 Å². The lowest BCUT2D eigenvalue weighted by atomic mass is 9.88. The summed E-state index contributed by atoms with van der Waals surface area (Å²) < 4.78 is 0. The summed E-state index contributed by atoms with van der Waals surface area (Å²) in [7, 11) is 0. The Bertz CT molecular complexity index is 336. The van der Waals surface area contributed by atoms with E-state index in [0.717, 1.165) is 19.5 Å². The van der Waals surface area contributed by atoms with Gasteiger partial charge in [0.2, 0.25) is 0 Å². The molecule has 1 aliphatic heterocycles. The summed E-state index contributed by atoms with van der Waals surface area (Å²) in [4.78, 5) is 5.63. The van der Waals surface area contributed by atoms with Gasteiger partial charge in [-0.2, -0.15) is 0 Å². The number of aryl methyl sites for hydroxylation is 1. The van der Waals surface area contributed by atoms with Crippen LogP contribution in [-0.2, 0) is 6.42 Å². The molecule has 0 aliphatic carbocycles. The molecule has 17 heavy (non-hydrogen) atoms. The smallest absolute Gasteiger partial charge is 0.0481 e. The molecular formula is C14H24N2S. The summed E-state index contributed by atoms with van der Waals surface area (Å²) in [6, 6.07) is 5.19. The van der Waals surface area contributed by atoms with Gasteiger partial charge < -0.3 is 5.73 Å². The molecule has 2 nitrogen and oxygen atoms in total. The van der Waals surface area contributed by atoms with Crippen molar-refractivity contribution in [1.29, 1.82) is 0 Å². The van der Waals surface area contributed by atoms with Crippen LogP contribution >= 0.6 is 11.3 Å². The number of thiophene rings is 1. The predicted octanol–water partition coefficient (Wildman–Crippen LogP) is 3.04. The van der Waals surface area contributed by atoms with E-state index in [2.05, 4.69) is 30.9 Å². The van der Waals surface area contributed by atoms with Crippen molar-refractivity contribution >= 4 is 11.3 Å². The molecule has 0 saturated carbocycles. The van der Waals surface area contributed by atoms with Crippen LogP contribution in [0.3, 0.4) is 0 Å². The monoisotopic (exact) mass is 252 g/mol. The highest BCUT2D eigenvalue weighted by Crippen LogP contribution is 2.38. The molecule has 0 aromatic carbocycles. The molecule has 1 fully saturated rings. The highest BCUT2D eigenvalue weighted by molar-refractivity contribution is 7.12. The lowest BCUT2D eigenvalue weighted by Gasteiger charge is -2.40. The first-order valence-electron chi connectivity index (χ1n) is 6.82. The zero-order valence-electron chi connectivity index (χ0n) is 11.0. The van der Waals surface area contributed by atoms with Crippen molar-refractivity contribution in [3.8, 4) is 0 Å². The van der Waals surface area contributed by atoms with Gasteiger partial charge >= 0.3 is 0 Å². The highest BCUT2D eigenvalue weighted by Gasteiger charge is 2.31. The van der Waals surface area contributed by atoms with Crippen molar-refractivity contribution in [3.63, 3.8) is 0 Å². The Kier molecular flexibility index (Phi) is 4.60. The van der Waals surface area contributed by atoms with Crippen LogP contribution in [0.1, 0.15) is 42.5 Å². The lowest BCUT2D eigenvalue weighted by molar-refractivity contribution is 0.105. The zero-order valence-corrected chi connectivity index (χ0v) is 11.8. The average Bonchev–Trinajstić information content (AvgIpc) is 2.86. The van der Waals surface area contributed by atoms with Gasteiger partial charge in [-0.15, -0.1) is 11.3 Å². The molecule has 1 aromatic rings. The standard InChI is InChI=1S/C14H24N2S/c1-3-12-7-8-13(17-12)14-11(10-15)6-5-9-16(14)4-2/h7-8,11,14H,3-6,9-10,15H2,1-2H3. The Morgan fingerprint density at radius 2 is 2.24 bits per heavy atom. The summed E-state index contributed by atoms with van der Waals surface area (Å²) in [6.07, 6.45) is 3.74. The summed E-state index contributed by atoms with van der Waals surface area (Å²) in [5.41, 5.74) is 5.97. The third kappa shape index (κ3) is 2.72. The third-order valence-electron chi connectivity index (χ3n) is 3.89. The van der Waals surface area contributed by atoms with E-state index in [1.165, 1.54) is 29.1 Å². The minimum absolute atomic E-state index is 0.573. The molecule has 96 valence electrons. The zero-order chi connectivity index (χ0) is 12.3. The number of likely N-dealkylation sites (tertiary alicyclic amines) is 1. The normalized spacial score (nSPS) is 26.3. The van der Waals surface area contributed by atoms with Gasteiger partial charge in [-0.05, 0) is 56.9 Å². The number of hydrogen-bond donors (Lipinski definition) is 1. The Morgan fingerprint density at radius 1 is 1.41 bits per heavy atom. The fraction of sp³-hybridized carbons (Fsp3) is 0.714. The van der Waals surface area contributed by atoms with Crippen LogP contribution in [0.15, 0.2) is 12.1 Å². The van der Waals surface area contributed by atoms with Crippen molar-refractivity contribution in [2.24, 2.45) is 11.7 Å². The van der Waals surface area contributed by atoms with Crippen LogP contribution in [0.2, 0.25) is 0 Å². The van der Waals surface area contributed by atoms with Gasteiger partial charge in [0.25, 0.3) is 0 Å². The van der Waals surface area contributed by atoms with Gasteiger partial charge in [-0.3, -0.25) is 4.90 Å². The topological polar surface area (TPSA) is 29.3 Å². The molecule has 3 heteroatoms.